The van der Waals surface area contributed by atoms with E-state index in [0.717, 1.165) is 6.07 Å². The third kappa shape index (κ3) is 25.6. The standard InChI is InChI=1S/C52H76N10O18.Fe.Tb/c63-38-11-3-8-34(46(38)74)49(77)55-18-6-20-62(21-7-19-56-50(78)35-9-4-12-39(64)47(35)75)52(80)37(57-51(79)36-10-5-13-40(65)48(36)76)14-15-41(66)53-16-1-2-17-54-42(67)30-58-22-24-59(31-43(68)69)26-28-61(33-45(72)73)29-27-60(25-23-58)32-44(70)71;;/h3,5,8,10-11,13,35,37,63-65,74-76H,1-2,4,6-7,9,12,14-33H2,(H,53,66)(H,54,67)(H,55,77)(H,56,78)(H,57,79)(H,68,69)(H,70,71)(H,72,73);;/q;;+3/t35-,37?;;/m1../s1. The molecule has 82 heavy (non-hydrogen) atoms. The van der Waals surface area contributed by atoms with Gasteiger partial charge in [-0.1, -0.05) is 12.1 Å². The van der Waals surface area contributed by atoms with Crippen molar-refractivity contribution >= 4 is 53.4 Å². The van der Waals surface area contributed by atoms with Crippen LogP contribution in [0, 0.1) is 44.5 Å². The Morgan fingerprint density at radius 1 is 0.549 bits per heavy atom. The zero-order chi connectivity index (χ0) is 58.7. The van der Waals surface area contributed by atoms with Gasteiger partial charge in [0.1, 0.15) is 17.6 Å². The van der Waals surface area contributed by atoms with Crippen LogP contribution >= 0.6 is 0 Å². The summed E-state index contributed by atoms with van der Waals surface area (Å²) in [7, 11) is 0. The van der Waals surface area contributed by atoms with Gasteiger partial charge in [0.05, 0.1) is 43.2 Å². The Hall–Kier alpha value is -6.14. The van der Waals surface area contributed by atoms with Gasteiger partial charge in [0.25, 0.3) is 11.8 Å². The van der Waals surface area contributed by atoms with Crippen LogP contribution in [-0.4, -0.2) is 248 Å². The van der Waals surface area contributed by atoms with Crippen molar-refractivity contribution in [3.8, 4) is 23.0 Å². The van der Waals surface area contributed by atoms with Gasteiger partial charge in [-0.2, -0.15) is 0 Å². The second-order valence-electron chi connectivity index (χ2n) is 19.5. The zero-order valence-corrected chi connectivity index (χ0v) is 48.6. The number of unbranched alkanes of at least 4 members (excludes halogenated alkanes) is 1. The summed E-state index contributed by atoms with van der Waals surface area (Å²) in [5, 5.41) is 103. The second-order valence-corrected chi connectivity index (χ2v) is 19.5. The fourth-order valence-electron chi connectivity index (χ4n) is 8.95. The first-order valence-corrected chi connectivity index (χ1v) is 26.5. The van der Waals surface area contributed by atoms with Gasteiger partial charge in [-0.25, -0.2) is 0 Å². The first kappa shape index (κ1) is 72.0. The molecule has 456 valence electrons. The third-order valence-electron chi connectivity index (χ3n) is 13.4. The largest absolute Gasteiger partial charge is 3.00 e. The summed E-state index contributed by atoms with van der Waals surface area (Å²) >= 11 is 0. The molecule has 14 N–H and O–H groups in total. The van der Waals surface area contributed by atoms with Crippen LogP contribution < -0.4 is 26.6 Å². The van der Waals surface area contributed by atoms with Crippen molar-refractivity contribution in [2.24, 2.45) is 5.92 Å². The summed E-state index contributed by atoms with van der Waals surface area (Å²) in [6.07, 6.45) is 1.57. The van der Waals surface area contributed by atoms with Crippen LogP contribution in [0.2, 0.25) is 0 Å². The van der Waals surface area contributed by atoms with E-state index in [1.54, 1.807) is 19.6 Å². The molecule has 0 aromatic heterocycles. The summed E-state index contributed by atoms with van der Waals surface area (Å²) in [5.74, 6) is -11.1. The van der Waals surface area contributed by atoms with Crippen molar-refractivity contribution in [3.05, 3.63) is 59.0 Å². The van der Waals surface area contributed by atoms with Gasteiger partial charge in [0, 0.05) is 122 Å². The molecule has 0 saturated carbocycles. The molecule has 0 spiro atoms. The molecule has 6 amide bonds. The van der Waals surface area contributed by atoms with Crippen LogP contribution in [0.3, 0.4) is 0 Å². The summed E-state index contributed by atoms with van der Waals surface area (Å²) in [5.41, 5.74) is -0.565. The zero-order valence-electron chi connectivity index (χ0n) is 45.3. The summed E-state index contributed by atoms with van der Waals surface area (Å²) in [6.45, 7) is 1.15. The third-order valence-corrected chi connectivity index (χ3v) is 13.4. The Labute approximate surface area is 515 Å². The van der Waals surface area contributed by atoms with Crippen molar-refractivity contribution < 1.29 is 145 Å². The minimum absolute atomic E-state index is 0. The van der Waals surface area contributed by atoms with E-state index >= 15 is 0 Å². The molecule has 1 fully saturated rings. The van der Waals surface area contributed by atoms with E-state index in [4.69, 9.17) is 0 Å². The van der Waals surface area contributed by atoms with E-state index in [-0.39, 0.29) is 228 Å². The Bertz CT molecular complexity index is 2480. The molecule has 2 aromatic rings. The van der Waals surface area contributed by atoms with Crippen molar-refractivity contribution in [1.29, 1.82) is 0 Å². The summed E-state index contributed by atoms with van der Waals surface area (Å²) in [4.78, 5) is 123. The number of amides is 6. The van der Waals surface area contributed by atoms with E-state index in [2.05, 4.69) is 26.6 Å². The van der Waals surface area contributed by atoms with Crippen molar-refractivity contribution in [3.63, 3.8) is 0 Å². The molecule has 0 radical (unpaired) electrons. The summed E-state index contributed by atoms with van der Waals surface area (Å²) in [6, 6.07) is 6.11. The molecule has 2 atom stereocenters. The maximum absolute atomic E-state index is 14.5. The van der Waals surface area contributed by atoms with Gasteiger partial charge in [0.2, 0.25) is 23.6 Å². The quantitative estimate of drug-likeness (QED) is 0.0268. The molecule has 4 rings (SSSR count). The first-order valence-electron chi connectivity index (χ1n) is 26.5. The van der Waals surface area contributed by atoms with Gasteiger partial charge in [-0.15, -0.1) is 0 Å². The molecule has 0 bridgehead atoms. The number of benzene rings is 2. The summed E-state index contributed by atoms with van der Waals surface area (Å²) < 4.78 is 0. The fraction of sp³-hybridized carbons (Fsp3) is 0.558. The van der Waals surface area contributed by atoms with E-state index in [0.29, 0.717) is 25.7 Å². The molecular weight excluding hydrogens is 1270 g/mol. The van der Waals surface area contributed by atoms with Gasteiger partial charge in [0.15, 0.2) is 23.0 Å². The van der Waals surface area contributed by atoms with Crippen molar-refractivity contribution in [2.75, 3.05) is 118 Å². The van der Waals surface area contributed by atoms with E-state index in [1.165, 1.54) is 35.2 Å². The SMILES string of the molecule is O=C(O)CN1CCN(CC(=O)O)CCN(CC(=O)NCCCCNC(=O)CCC(NC(=O)c2cccc(O)c2O)C(=O)N(CCCNC(=O)c2cccc(O)c2O)CCCNC(=O)[C@@H]2CCCC(O)=C2O)CCN(CC(=O)O)CC1.[Fe].[Tb+3]. The van der Waals surface area contributed by atoms with Crippen LogP contribution in [0.4, 0.5) is 0 Å². The van der Waals surface area contributed by atoms with Crippen molar-refractivity contribution in [1.82, 2.24) is 51.1 Å². The molecule has 1 heterocycles. The number of carboxylic acids is 3. The molecule has 1 aliphatic heterocycles. The Balaban J connectivity index is 0.0000115. The number of carbonyl (C=O) groups is 9. The Morgan fingerprint density at radius 2 is 0.976 bits per heavy atom. The molecule has 2 aliphatic rings. The van der Waals surface area contributed by atoms with Gasteiger partial charge < -0.3 is 77.4 Å². The number of carbonyl (C=O) groups excluding carboxylic acids is 6. The number of rotatable bonds is 29. The number of aliphatic hydroxyl groups excluding tert-OH is 2. The van der Waals surface area contributed by atoms with Crippen LogP contribution in [0.1, 0.15) is 78.5 Å². The maximum Gasteiger partial charge on any atom is 3.00 e. The minimum Gasteiger partial charge on any atom is -0.509 e. The molecule has 30 heteroatoms. The van der Waals surface area contributed by atoms with E-state index < -0.39 is 88.2 Å². The van der Waals surface area contributed by atoms with Gasteiger partial charge in [-0.3, -0.25) is 62.8 Å². The number of nitrogens with zero attached hydrogens (tertiary/aromatic N) is 5. The molecule has 1 saturated heterocycles. The number of carboxylic acid groups (broad SMARTS) is 3. The predicted molar refractivity (Wildman–Crippen MR) is 285 cm³/mol. The first-order chi connectivity index (χ1) is 38.1. The number of hydrogen-bond acceptors (Lipinski definition) is 19. The topological polar surface area (TPSA) is 412 Å². The minimum atomic E-state index is -1.41. The Morgan fingerprint density at radius 3 is 1.45 bits per heavy atom. The molecule has 1 unspecified atom stereocenters. The number of aliphatic carboxylic acids is 3. The van der Waals surface area contributed by atoms with Gasteiger partial charge in [-0.05, 0) is 69.2 Å². The average Bonchev–Trinajstić information content (AvgIpc) is 3.40. The maximum atomic E-state index is 14.5. The van der Waals surface area contributed by atoms with E-state index in [9.17, 15) is 89.1 Å². The number of hydrogen-bond donors (Lipinski definition) is 14. The smallest absolute Gasteiger partial charge is 0.509 e. The molecule has 28 nitrogen and oxygen atoms in total. The predicted octanol–water partition coefficient (Wildman–Crippen LogP) is -0.844. The number of phenols is 4. The molecule has 2 aromatic carbocycles. The van der Waals surface area contributed by atoms with Crippen LogP contribution in [-0.2, 0) is 50.6 Å². The monoisotopic (exact) mass is 1340 g/mol. The molecule has 1 aliphatic carbocycles. The number of aliphatic hydroxyl groups is 2. The van der Waals surface area contributed by atoms with Crippen LogP contribution in [0.25, 0.3) is 0 Å². The fourth-order valence-corrected chi connectivity index (χ4v) is 8.95. The second kappa shape index (κ2) is 37.9. The van der Waals surface area contributed by atoms with Crippen LogP contribution in [0.15, 0.2) is 47.9 Å². The number of nitrogens with one attached hydrogen (secondary N) is 5. The number of para-hydroxylation sites is 2. The van der Waals surface area contributed by atoms with Crippen molar-refractivity contribution in [2.45, 2.75) is 63.8 Å². The van der Waals surface area contributed by atoms with Crippen LogP contribution in [0.5, 0.6) is 23.0 Å². The number of aromatic hydroxyl groups is 4. The number of phenolic OH excluding ortho intramolecular Hbond substituents is 4. The molecular formula is C52H76FeN10O18Tb+3. The number of allylic oxidation sites excluding steroid dienone is 1. The Kier molecular flexibility index (Phi) is 33.2. The van der Waals surface area contributed by atoms with E-state index in [1.807, 2.05) is 0 Å². The normalized spacial score (nSPS) is 16.1. The van der Waals surface area contributed by atoms with Gasteiger partial charge >= 0.3 is 56.5 Å². The average molecular weight is 1340 g/mol.